The normalized spacial score (nSPS) is 18.5. The fourth-order valence-corrected chi connectivity index (χ4v) is 8.83. The highest BCUT2D eigenvalue weighted by Crippen LogP contribution is 2.26. The fraction of sp³-hybridized carbons (Fsp3) is 0.701. The first-order valence-corrected chi connectivity index (χ1v) is 31.2. The van der Waals surface area contributed by atoms with Gasteiger partial charge >= 0.3 is 23.9 Å². The van der Waals surface area contributed by atoms with Gasteiger partial charge in [-0.25, -0.2) is 4.79 Å². The van der Waals surface area contributed by atoms with Crippen LogP contribution in [0, 0.1) is 0 Å². The van der Waals surface area contributed by atoms with Gasteiger partial charge < -0.3 is 39.0 Å². The molecule has 0 amide bonds. The maximum atomic E-state index is 13.2. The molecular formula is C67H110O12. The third-order valence-electron chi connectivity index (χ3n) is 13.6. The number of hydrogen-bond donors (Lipinski definition) is 3. The van der Waals surface area contributed by atoms with Crippen LogP contribution in [-0.4, -0.2) is 89.2 Å². The van der Waals surface area contributed by atoms with E-state index in [1.54, 1.807) is 0 Å². The topological polar surface area (TPSA) is 175 Å². The lowest BCUT2D eigenvalue weighted by atomic mass is 9.98. The summed E-state index contributed by atoms with van der Waals surface area (Å²) in [6, 6.07) is 0. The highest BCUT2D eigenvalue weighted by Gasteiger charge is 2.50. The average molecular weight is 1110 g/mol. The van der Waals surface area contributed by atoms with Crippen molar-refractivity contribution in [2.24, 2.45) is 0 Å². The first-order valence-electron chi connectivity index (χ1n) is 31.2. The Kier molecular flexibility index (Phi) is 49.9. The Morgan fingerprint density at radius 2 is 0.797 bits per heavy atom. The van der Waals surface area contributed by atoms with Crippen LogP contribution in [0.3, 0.4) is 0 Å². The van der Waals surface area contributed by atoms with Gasteiger partial charge in [-0.15, -0.1) is 0 Å². The highest BCUT2D eigenvalue weighted by atomic mass is 16.7. The molecule has 0 saturated carbocycles. The SMILES string of the molecule is CC/C=C\C/C=C\C/C=C\CCCCCC(=O)OC1C(OCC(COC(=O)CCCCCCCC/C=C\C/C=C\C/C=C\CCCCC)OC(=O)CCCCCCCCC/C=C\C/C=C\CCCCC)OC(C(=O)O)C(O)C1O. The lowest BCUT2D eigenvalue weighted by molar-refractivity contribution is -0.301. The first kappa shape index (κ1) is 72.7. The van der Waals surface area contributed by atoms with Crippen LogP contribution in [0.25, 0.3) is 0 Å². The molecule has 0 spiro atoms. The number of carbonyl (C=O) groups is 4. The van der Waals surface area contributed by atoms with Crippen LogP contribution < -0.4 is 0 Å². The van der Waals surface area contributed by atoms with Gasteiger partial charge in [-0.05, 0) is 122 Å². The van der Waals surface area contributed by atoms with Crippen molar-refractivity contribution >= 4 is 23.9 Å². The van der Waals surface area contributed by atoms with Crippen molar-refractivity contribution in [3.05, 3.63) is 97.2 Å². The Balaban J connectivity index is 2.70. The van der Waals surface area contributed by atoms with Crippen LogP contribution in [0.1, 0.15) is 252 Å². The molecule has 1 heterocycles. The first-order chi connectivity index (χ1) is 38.6. The van der Waals surface area contributed by atoms with E-state index in [1.165, 1.54) is 51.4 Å². The van der Waals surface area contributed by atoms with E-state index >= 15 is 0 Å². The monoisotopic (exact) mass is 1110 g/mol. The van der Waals surface area contributed by atoms with Gasteiger partial charge in [0.05, 0.1) is 6.61 Å². The van der Waals surface area contributed by atoms with Gasteiger partial charge in [0.15, 0.2) is 24.6 Å². The number of ether oxygens (including phenoxy) is 5. The minimum absolute atomic E-state index is 0.0192. The van der Waals surface area contributed by atoms with Crippen LogP contribution in [0.4, 0.5) is 0 Å². The predicted octanol–water partition coefficient (Wildman–Crippen LogP) is 16.5. The summed E-state index contributed by atoms with van der Waals surface area (Å²) in [6.07, 6.45) is 59.4. The van der Waals surface area contributed by atoms with Crippen molar-refractivity contribution in [1.82, 2.24) is 0 Å². The molecule has 0 bridgehead atoms. The predicted molar refractivity (Wildman–Crippen MR) is 321 cm³/mol. The number of unbranched alkanes of at least 4 members (excludes halogenated alkanes) is 22. The largest absolute Gasteiger partial charge is 0.479 e. The molecule has 1 aliphatic heterocycles. The van der Waals surface area contributed by atoms with E-state index in [1.807, 2.05) is 0 Å². The zero-order valence-electron chi connectivity index (χ0n) is 49.6. The Morgan fingerprint density at radius 1 is 0.430 bits per heavy atom. The molecule has 0 aromatic heterocycles. The number of aliphatic hydroxyl groups excluding tert-OH is 2. The molecule has 1 fully saturated rings. The van der Waals surface area contributed by atoms with E-state index in [0.29, 0.717) is 19.3 Å². The number of aliphatic carboxylic acids is 1. The zero-order chi connectivity index (χ0) is 57.5. The van der Waals surface area contributed by atoms with Crippen LogP contribution in [0.5, 0.6) is 0 Å². The minimum atomic E-state index is -1.92. The van der Waals surface area contributed by atoms with E-state index in [4.69, 9.17) is 23.7 Å². The van der Waals surface area contributed by atoms with E-state index in [9.17, 15) is 34.5 Å². The van der Waals surface area contributed by atoms with E-state index < -0.39 is 67.3 Å². The van der Waals surface area contributed by atoms with Crippen LogP contribution in [0.2, 0.25) is 0 Å². The number of esters is 3. The molecule has 0 aliphatic carbocycles. The molecule has 450 valence electrons. The van der Waals surface area contributed by atoms with Crippen molar-refractivity contribution in [3.63, 3.8) is 0 Å². The average Bonchev–Trinajstić information content (AvgIpc) is 3.46. The lowest BCUT2D eigenvalue weighted by Crippen LogP contribution is -2.61. The highest BCUT2D eigenvalue weighted by molar-refractivity contribution is 5.74. The van der Waals surface area contributed by atoms with Crippen molar-refractivity contribution < 1.29 is 58.2 Å². The maximum absolute atomic E-state index is 13.2. The van der Waals surface area contributed by atoms with Crippen molar-refractivity contribution in [2.45, 2.75) is 289 Å². The smallest absolute Gasteiger partial charge is 0.335 e. The van der Waals surface area contributed by atoms with Crippen molar-refractivity contribution in [2.75, 3.05) is 13.2 Å². The van der Waals surface area contributed by atoms with Gasteiger partial charge in [0.25, 0.3) is 0 Å². The third-order valence-corrected chi connectivity index (χ3v) is 13.6. The maximum Gasteiger partial charge on any atom is 0.335 e. The quantitative estimate of drug-likeness (QED) is 0.0228. The molecule has 79 heavy (non-hydrogen) atoms. The Bertz CT molecular complexity index is 1740. The molecule has 0 radical (unpaired) electrons. The van der Waals surface area contributed by atoms with Gasteiger partial charge in [-0.1, -0.05) is 208 Å². The second-order valence-corrected chi connectivity index (χ2v) is 20.9. The molecule has 1 rings (SSSR count). The Labute approximate surface area is 479 Å². The minimum Gasteiger partial charge on any atom is -0.479 e. The number of rotatable bonds is 52. The number of carbonyl (C=O) groups excluding carboxylic acids is 3. The van der Waals surface area contributed by atoms with E-state index in [0.717, 1.165) is 141 Å². The summed E-state index contributed by atoms with van der Waals surface area (Å²) in [5.41, 5.74) is 0. The summed E-state index contributed by atoms with van der Waals surface area (Å²) in [6.45, 7) is 5.80. The van der Waals surface area contributed by atoms with Gasteiger partial charge in [-0.2, -0.15) is 0 Å². The van der Waals surface area contributed by atoms with Crippen LogP contribution in [-0.2, 0) is 42.9 Å². The van der Waals surface area contributed by atoms with Crippen molar-refractivity contribution in [1.29, 1.82) is 0 Å². The molecule has 1 aliphatic rings. The van der Waals surface area contributed by atoms with Gasteiger partial charge in [0.2, 0.25) is 0 Å². The van der Waals surface area contributed by atoms with E-state index in [2.05, 4.69) is 118 Å². The molecule has 1 saturated heterocycles. The zero-order valence-corrected chi connectivity index (χ0v) is 49.6. The number of allylic oxidation sites excluding steroid dienone is 16. The summed E-state index contributed by atoms with van der Waals surface area (Å²) in [5.74, 6) is -3.19. The molecule has 6 atom stereocenters. The fourth-order valence-electron chi connectivity index (χ4n) is 8.83. The standard InChI is InChI=1S/C67H110O12/c1-4-7-10-13-16-19-22-25-27-29-30-32-33-36-38-41-44-47-50-53-59(68)75-56-58(77-60(69)54-51-48-45-42-40-37-34-31-28-26-23-20-17-14-11-8-5-2)57-76-67-65(63(72)62(71)64(79-67)66(73)74)78-61(70)55-52-49-46-43-39-35-24-21-18-15-12-9-6-3/h9,12,16-21,25-28,30,32,35,39,58,62-65,67,71-72H,4-8,10-11,13-15,22-24,29,31,33-34,36-38,40-57H2,1-3H3,(H,73,74)/b12-9-,19-16-,20-17-,21-18-,27-25-,28-26-,32-30-,39-35-. The van der Waals surface area contributed by atoms with Crippen LogP contribution in [0.15, 0.2) is 97.2 Å². The summed E-state index contributed by atoms with van der Waals surface area (Å²) in [7, 11) is 0. The van der Waals surface area contributed by atoms with E-state index in [-0.39, 0.29) is 25.9 Å². The van der Waals surface area contributed by atoms with Crippen LogP contribution >= 0.6 is 0 Å². The Hall–Kier alpha value is -4.36. The summed E-state index contributed by atoms with van der Waals surface area (Å²) in [5, 5.41) is 31.5. The summed E-state index contributed by atoms with van der Waals surface area (Å²) >= 11 is 0. The number of hydrogen-bond acceptors (Lipinski definition) is 11. The summed E-state index contributed by atoms with van der Waals surface area (Å²) in [4.78, 5) is 51.2. The van der Waals surface area contributed by atoms with Gasteiger partial charge in [0.1, 0.15) is 18.8 Å². The van der Waals surface area contributed by atoms with Gasteiger partial charge in [0, 0.05) is 19.3 Å². The molecular weight excluding hydrogens is 997 g/mol. The number of carboxylic acid groups (broad SMARTS) is 1. The summed E-state index contributed by atoms with van der Waals surface area (Å²) < 4.78 is 28.4. The number of carboxylic acids is 1. The lowest BCUT2D eigenvalue weighted by Gasteiger charge is -2.40. The second kappa shape index (κ2) is 54.2. The molecule has 12 heteroatoms. The third kappa shape index (κ3) is 44.0. The molecule has 3 N–H and O–H groups in total. The van der Waals surface area contributed by atoms with Crippen molar-refractivity contribution in [3.8, 4) is 0 Å². The number of aliphatic hydroxyl groups is 2. The Morgan fingerprint density at radius 3 is 1.23 bits per heavy atom. The molecule has 6 unspecified atom stereocenters. The molecule has 0 aromatic rings. The van der Waals surface area contributed by atoms with Gasteiger partial charge in [-0.3, -0.25) is 14.4 Å². The second-order valence-electron chi connectivity index (χ2n) is 20.9. The molecule has 12 nitrogen and oxygen atoms in total. The molecule has 0 aromatic carbocycles.